The molecule has 2 aromatic carbocycles. The zero-order chi connectivity index (χ0) is 13.7. The number of halogens is 1. The topological polar surface area (TPSA) is 43.1 Å². The zero-order valence-corrected chi connectivity index (χ0v) is 10.6. The fraction of sp³-hybridized carbons (Fsp3) is 0.188. The van der Waals surface area contributed by atoms with Crippen molar-refractivity contribution in [3.8, 4) is 0 Å². The van der Waals surface area contributed by atoms with Gasteiger partial charge >= 0.3 is 0 Å². The van der Waals surface area contributed by atoms with Crippen LogP contribution < -0.4 is 5.73 Å². The van der Waals surface area contributed by atoms with Crippen LogP contribution in [0.5, 0.6) is 0 Å². The van der Waals surface area contributed by atoms with E-state index in [1.165, 1.54) is 6.07 Å². The summed E-state index contributed by atoms with van der Waals surface area (Å²) in [5, 5.41) is 0. The third-order valence-electron chi connectivity index (χ3n) is 3.02. The Morgan fingerprint density at radius 1 is 1.05 bits per heavy atom. The Morgan fingerprint density at radius 3 is 2.37 bits per heavy atom. The second kappa shape index (κ2) is 6.25. The van der Waals surface area contributed by atoms with Gasteiger partial charge in [-0.15, -0.1) is 0 Å². The van der Waals surface area contributed by atoms with Crippen molar-refractivity contribution in [3.05, 3.63) is 71.0 Å². The number of rotatable bonds is 5. The Morgan fingerprint density at radius 2 is 1.74 bits per heavy atom. The molecule has 98 valence electrons. The molecule has 0 atom stereocenters. The van der Waals surface area contributed by atoms with E-state index < -0.39 is 0 Å². The standard InChI is InChI=1S/C16H16FNO/c17-15-4-2-1-3-14(15)11-16(19)13-7-5-12(6-8-13)9-10-18/h1-8H,9-11,18H2. The molecule has 0 heterocycles. The Kier molecular flexibility index (Phi) is 4.42. The summed E-state index contributed by atoms with van der Waals surface area (Å²) in [4.78, 5) is 12.0. The molecule has 0 aliphatic carbocycles. The molecule has 0 spiro atoms. The quantitative estimate of drug-likeness (QED) is 0.837. The molecule has 0 radical (unpaired) electrons. The molecule has 0 aromatic heterocycles. The SMILES string of the molecule is NCCc1ccc(C(=O)Cc2ccccc2F)cc1. The lowest BCUT2D eigenvalue weighted by atomic mass is 10.0. The summed E-state index contributed by atoms with van der Waals surface area (Å²) in [5.41, 5.74) is 7.60. The Hall–Kier alpha value is -2.00. The predicted octanol–water partition coefficient (Wildman–Crippen LogP) is 2.75. The van der Waals surface area contributed by atoms with Gasteiger partial charge in [0.25, 0.3) is 0 Å². The lowest BCUT2D eigenvalue weighted by Crippen LogP contribution is -2.06. The fourth-order valence-corrected chi connectivity index (χ4v) is 1.94. The first-order valence-corrected chi connectivity index (χ1v) is 6.26. The summed E-state index contributed by atoms with van der Waals surface area (Å²) in [6, 6.07) is 13.7. The van der Waals surface area contributed by atoms with E-state index in [0.29, 0.717) is 17.7 Å². The van der Waals surface area contributed by atoms with Gasteiger partial charge in [0.2, 0.25) is 0 Å². The minimum absolute atomic E-state index is 0.0793. The summed E-state index contributed by atoms with van der Waals surface area (Å²) < 4.78 is 13.5. The highest BCUT2D eigenvalue weighted by Crippen LogP contribution is 2.12. The number of Topliss-reactive ketones (excluding diaryl/α,β-unsaturated/α-hetero) is 1. The van der Waals surface area contributed by atoms with Gasteiger partial charge in [0.1, 0.15) is 5.82 Å². The number of hydrogen-bond acceptors (Lipinski definition) is 2. The maximum absolute atomic E-state index is 13.5. The average molecular weight is 257 g/mol. The molecule has 2 nitrogen and oxygen atoms in total. The van der Waals surface area contributed by atoms with E-state index in [2.05, 4.69) is 0 Å². The highest BCUT2D eigenvalue weighted by atomic mass is 19.1. The molecule has 0 unspecified atom stereocenters. The van der Waals surface area contributed by atoms with Crippen LogP contribution in [0.2, 0.25) is 0 Å². The van der Waals surface area contributed by atoms with Crippen molar-refractivity contribution in [2.45, 2.75) is 12.8 Å². The summed E-state index contributed by atoms with van der Waals surface area (Å²) >= 11 is 0. The molecule has 0 fully saturated rings. The van der Waals surface area contributed by atoms with Crippen molar-refractivity contribution < 1.29 is 9.18 Å². The molecule has 3 heteroatoms. The molecule has 0 saturated heterocycles. The summed E-state index contributed by atoms with van der Waals surface area (Å²) in [6.07, 6.45) is 0.880. The van der Waals surface area contributed by atoms with Crippen LogP contribution in [-0.2, 0) is 12.8 Å². The number of benzene rings is 2. The molecular weight excluding hydrogens is 241 g/mol. The van der Waals surface area contributed by atoms with Gasteiger partial charge in [-0.1, -0.05) is 42.5 Å². The normalized spacial score (nSPS) is 10.4. The van der Waals surface area contributed by atoms with Crippen LogP contribution in [0.4, 0.5) is 4.39 Å². The molecule has 0 amide bonds. The zero-order valence-electron chi connectivity index (χ0n) is 10.6. The van der Waals surface area contributed by atoms with Crippen LogP contribution in [0.15, 0.2) is 48.5 Å². The van der Waals surface area contributed by atoms with E-state index in [-0.39, 0.29) is 18.0 Å². The highest BCUT2D eigenvalue weighted by molar-refractivity contribution is 5.97. The molecule has 2 N–H and O–H groups in total. The molecule has 2 rings (SSSR count). The first-order chi connectivity index (χ1) is 9.20. The van der Waals surface area contributed by atoms with Crippen LogP contribution in [-0.4, -0.2) is 12.3 Å². The van der Waals surface area contributed by atoms with Crippen molar-refractivity contribution in [3.63, 3.8) is 0 Å². The van der Waals surface area contributed by atoms with Gasteiger partial charge in [-0.3, -0.25) is 4.79 Å². The van der Waals surface area contributed by atoms with Crippen LogP contribution in [0, 0.1) is 5.82 Å². The molecule has 2 aromatic rings. The van der Waals surface area contributed by atoms with Gasteiger partial charge < -0.3 is 5.73 Å². The number of carbonyl (C=O) groups is 1. The van der Waals surface area contributed by atoms with Crippen molar-refractivity contribution in [2.75, 3.05) is 6.54 Å². The fourth-order valence-electron chi connectivity index (χ4n) is 1.94. The summed E-state index contributed by atoms with van der Waals surface area (Å²) in [6.45, 7) is 0.586. The lowest BCUT2D eigenvalue weighted by molar-refractivity contribution is 0.0992. The third kappa shape index (κ3) is 3.48. The van der Waals surface area contributed by atoms with Crippen molar-refractivity contribution in [1.82, 2.24) is 0 Å². The Labute approximate surface area is 112 Å². The van der Waals surface area contributed by atoms with E-state index in [9.17, 15) is 9.18 Å². The van der Waals surface area contributed by atoms with Crippen molar-refractivity contribution >= 4 is 5.78 Å². The lowest BCUT2D eigenvalue weighted by Gasteiger charge is -2.04. The van der Waals surface area contributed by atoms with E-state index in [4.69, 9.17) is 5.73 Å². The van der Waals surface area contributed by atoms with Crippen LogP contribution in [0.1, 0.15) is 21.5 Å². The summed E-state index contributed by atoms with van der Waals surface area (Å²) in [7, 11) is 0. The number of hydrogen-bond donors (Lipinski definition) is 1. The smallest absolute Gasteiger partial charge is 0.167 e. The van der Waals surface area contributed by atoms with Gasteiger partial charge in [-0.05, 0) is 30.2 Å². The summed E-state index contributed by atoms with van der Waals surface area (Å²) in [5.74, 6) is -0.417. The average Bonchev–Trinajstić information content (AvgIpc) is 2.42. The molecule has 0 saturated carbocycles. The van der Waals surface area contributed by atoms with E-state index >= 15 is 0 Å². The van der Waals surface area contributed by atoms with Gasteiger partial charge in [-0.25, -0.2) is 4.39 Å². The largest absolute Gasteiger partial charge is 0.330 e. The van der Waals surface area contributed by atoms with Crippen molar-refractivity contribution in [1.29, 1.82) is 0 Å². The molecule has 0 aliphatic heterocycles. The van der Waals surface area contributed by atoms with E-state index in [0.717, 1.165) is 12.0 Å². The molecule has 19 heavy (non-hydrogen) atoms. The molecular formula is C16H16FNO. The number of carbonyl (C=O) groups excluding carboxylic acids is 1. The van der Waals surface area contributed by atoms with Crippen molar-refractivity contribution in [2.24, 2.45) is 5.73 Å². The minimum atomic E-state index is -0.337. The Balaban J connectivity index is 2.10. The molecule has 0 bridgehead atoms. The molecule has 0 aliphatic rings. The second-order valence-electron chi connectivity index (χ2n) is 4.43. The van der Waals surface area contributed by atoms with Gasteiger partial charge in [0.05, 0.1) is 0 Å². The number of nitrogens with two attached hydrogens (primary N) is 1. The third-order valence-corrected chi connectivity index (χ3v) is 3.02. The van der Waals surface area contributed by atoms with Gasteiger partial charge in [0.15, 0.2) is 5.78 Å². The van der Waals surface area contributed by atoms with E-state index in [1.54, 1.807) is 30.3 Å². The van der Waals surface area contributed by atoms with Gasteiger partial charge in [-0.2, -0.15) is 0 Å². The number of ketones is 1. The maximum atomic E-state index is 13.5. The van der Waals surface area contributed by atoms with E-state index in [1.807, 2.05) is 12.1 Å². The van der Waals surface area contributed by atoms with Crippen LogP contribution >= 0.6 is 0 Å². The van der Waals surface area contributed by atoms with Crippen LogP contribution in [0.3, 0.4) is 0 Å². The first kappa shape index (κ1) is 13.4. The highest BCUT2D eigenvalue weighted by Gasteiger charge is 2.09. The Bertz CT molecular complexity index is 563. The van der Waals surface area contributed by atoms with Gasteiger partial charge in [0, 0.05) is 12.0 Å². The maximum Gasteiger partial charge on any atom is 0.167 e. The van der Waals surface area contributed by atoms with Crippen LogP contribution in [0.25, 0.3) is 0 Å². The monoisotopic (exact) mass is 257 g/mol. The second-order valence-corrected chi connectivity index (χ2v) is 4.43. The predicted molar refractivity (Wildman–Crippen MR) is 73.6 cm³/mol. The minimum Gasteiger partial charge on any atom is -0.330 e. The first-order valence-electron chi connectivity index (χ1n) is 6.26.